The fourth-order valence-electron chi connectivity index (χ4n) is 3.50. The smallest absolute Gasteiger partial charge is 0.308 e. The van der Waals surface area contributed by atoms with Gasteiger partial charge in [0, 0.05) is 38.5 Å². The Morgan fingerprint density at radius 2 is 1.89 bits per heavy atom. The molecule has 0 unspecified atom stereocenters. The number of benzene rings is 1. The molecule has 0 atom stereocenters. The van der Waals surface area contributed by atoms with Gasteiger partial charge in [0.15, 0.2) is 12.4 Å². The van der Waals surface area contributed by atoms with Gasteiger partial charge in [0.1, 0.15) is 5.75 Å². The summed E-state index contributed by atoms with van der Waals surface area (Å²) in [6, 6.07) is 4.95. The predicted octanol–water partition coefficient (Wildman–Crippen LogP) is 1.42. The number of nitrogens with zero attached hydrogens (tertiary/aromatic N) is 2. The van der Waals surface area contributed by atoms with E-state index in [0.717, 1.165) is 0 Å². The van der Waals surface area contributed by atoms with Crippen molar-refractivity contribution in [2.75, 3.05) is 38.8 Å². The summed E-state index contributed by atoms with van der Waals surface area (Å²) in [6.07, 6.45) is 1.37. The van der Waals surface area contributed by atoms with Gasteiger partial charge in [0.2, 0.25) is 5.91 Å². The van der Waals surface area contributed by atoms with E-state index in [0.29, 0.717) is 42.9 Å². The molecule has 150 valence electrons. The van der Waals surface area contributed by atoms with Gasteiger partial charge in [-0.2, -0.15) is 0 Å². The third-order valence-electron chi connectivity index (χ3n) is 5.32. The van der Waals surface area contributed by atoms with Crippen LogP contribution in [0.15, 0.2) is 18.2 Å². The number of anilines is 1. The van der Waals surface area contributed by atoms with Crippen LogP contribution in [0.5, 0.6) is 5.75 Å². The molecule has 0 spiro atoms. The number of hydrogen-bond acceptors (Lipinski definition) is 6. The van der Waals surface area contributed by atoms with Gasteiger partial charge in [0.05, 0.1) is 18.7 Å². The highest BCUT2D eigenvalue weighted by Crippen LogP contribution is 2.32. The Bertz CT molecular complexity index is 798. The van der Waals surface area contributed by atoms with Gasteiger partial charge in [-0.3, -0.25) is 19.2 Å². The number of ketones is 1. The van der Waals surface area contributed by atoms with Crippen LogP contribution in [0.3, 0.4) is 0 Å². The summed E-state index contributed by atoms with van der Waals surface area (Å²) in [5.41, 5.74) is 0.999. The molecule has 3 rings (SSSR count). The Kier molecular flexibility index (Phi) is 5.96. The lowest BCUT2D eigenvalue weighted by Gasteiger charge is -2.30. The average molecular weight is 388 g/mol. The Morgan fingerprint density at radius 1 is 1.18 bits per heavy atom. The summed E-state index contributed by atoms with van der Waals surface area (Å²) in [5.74, 6) is -0.265. The summed E-state index contributed by atoms with van der Waals surface area (Å²) in [7, 11) is 3.01. The molecule has 2 amide bonds. The SMILES string of the molecule is COC(=O)C1CCN(C(=O)CCC(=O)c2ccc3c(c2)N(C)C(=O)CO3)CC1. The van der Waals surface area contributed by atoms with Crippen molar-refractivity contribution in [3.63, 3.8) is 0 Å². The molecule has 2 aliphatic heterocycles. The number of likely N-dealkylation sites (tertiary alicyclic amines) is 1. The molecular formula is C20H24N2O6. The third-order valence-corrected chi connectivity index (χ3v) is 5.32. The first-order valence-electron chi connectivity index (χ1n) is 9.33. The molecule has 1 aromatic carbocycles. The lowest BCUT2D eigenvalue weighted by atomic mass is 9.96. The number of ether oxygens (including phenoxy) is 2. The highest BCUT2D eigenvalue weighted by Gasteiger charge is 2.28. The second-order valence-electron chi connectivity index (χ2n) is 7.03. The summed E-state index contributed by atoms with van der Waals surface area (Å²) >= 11 is 0. The van der Waals surface area contributed by atoms with Crippen molar-refractivity contribution in [2.24, 2.45) is 5.92 Å². The lowest BCUT2D eigenvalue weighted by Crippen LogP contribution is -2.40. The largest absolute Gasteiger partial charge is 0.482 e. The van der Waals surface area contributed by atoms with Crippen molar-refractivity contribution in [3.05, 3.63) is 23.8 Å². The fraction of sp³-hybridized carbons (Fsp3) is 0.500. The number of Topliss-reactive ketones (excluding diaryl/α,β-unsaturated/α-hetero) is 1. The number of rotatable bonds is 5. The van der Waals surface area contributed by atoms with E-state index in [1.54, 1.807) is 30.1 Å². The Morgan fingerprint density at radius 3 is 2.57 bits per heavy atom. The number of carbonyl (C=O) groups is 4. The number of likely N-dealkylation sites (N-methyl/N-ethyl adjacent to an activating group) is 1. The molecule has 0 bridgehead atoms. The standard InChI is InChI=1S/C20H24N2O6/c1-21-15-11-14(3-5-17(15)28-12-19(21)25)16(23)4-6-18(24)22-9-7-13(8-10-22)20(26)27-2/h3,5,11,13H,4,6-10,12H2,1-2H3. The minimum absolute atomic E-state index is 0.0159. The number of fused-ring (bicyclic) bond motifs is 1. The molecule has 0 saturated carbocycles. The first-order valence-corrected chi connectivity index (χ1v) is 9.33. The zero-order valence-corrected chi connectivity index (χ0v) is 16.1. The van der Waals surface area contributed by atoms with Crippen molar-refractivity contribution in [3.8, 4) is 5.75 Å². The summed E-state index contributed by atoms with van der Waals surface area (Å²) in [5, 5.41) is 0. The van der Waals surface area contributed by atoms with Gasteiger partial charge in [-0.05, 0) is 31.0 Å². The van der Waals surface area contributed by atoms with E-state index in [-0.39, 0.29) is 48.9 Å². The molecule has 1 aromatic rings. The van der Waals surface area contributed by atoms with Gasteiger partial charge in [-0.15, -0.1) is 0 Å². The molecule has 1 fully saturated rings. The zero-order chi connectivity index (χ0) is 20.3. The van der Waals surface area contributed by atoms with Crippen molar-refractivity contribution in [1.82, 2.24) is 4.90 Å². The van der Waals surface area contributed by atoms with Crippen molar-refractivity contribution >= 4 is 29.3 Å². The van der Waals surface area contributed by atoms with Crippen molar-refractivity contribution in [2.45, 2.75) is 25.7 Å². The van der Waals surface area contributed by atoms with E-state index in [2.05, 4.69) is 0 Å². The lowest BCUT2D eigenvalue weighted by molar-refractivity contribution is -0.148. The van der Waals surface area contributed by atoms with Gasteiger partial charge < -0.3 is 19.3 Å². The molecule has 8 heteroatoms. The van der Waals surface area contributed by atoms with E-state index in [9.17, 15) is 19.2 Å². The van der Waals surface area contributed by atoms with E-state index in [4.69, 9.17) is 9.47 Å². The minimum Gasteiger partial charge on any atom is -0.482 e. The maximum atomic E-state index is 12.5. The molecule has 0 N–H and O–H groups in total. The van der Waals surface area contributed by atoms with Crippen LogP contribution in [0.4, 0.5) is 5.69 Å². The monoisotopic (exact) mass is 388 g/mol. The first-order chi connectivity index (χ1) is 13.4. The second kappa shape index (κ2) is 8.41. The summed E-state index contributed by atoms with van der Waals surface area (Å²) in [4.78, 5) is 51.4. The van der Waals surface area contributed by atoms with Crippen LogP contribution in [0.1, 0.15) is 36.0 Å². The van der Waals surface area contributed by atoms with Crippen LogP contribution < -0.4 is 9.64 Å². The molecule has 0 radical (unpaired) electrons. The molecule has 28 heavy (non-hydrogen) atoms. The maximum absolute atomic E-state index is 12.5. The van der Waals surface area contributed by atoms with Crippen LogP contribution in [0.2, 0.25) is 0 Å². The van der Waals surface area contributed by atoms with Crippen molar-refractivity contribution < 1.29 is 28.7 Å². The quantitative estimate of drug-likeness (QED) is 0.559. The first kappa shape index (κ1) is 19.9. The molecule has 2 aliphatic rings. The number of amides is 2. The highest BCUT2D eigenvalue weighted by atomic mass is 16.5. The summed E-state index contributed by atoms with van der Waals surface area (Å²) < 4.78 is 10.1. The van der Waals surface area contributed by atoms with Crippen LogP contribution in [-0.4, -0.2) is 62.3 Å². The van der Waals surface area contributed by atoms with Gasteiger partial charge in [0.25, 0.3) is 5.91 Å². The number of methoxy groups -OCH3 is 1. The zero-order valence-electron chi connectivity index (χ0n) is 16.1. The molecule has 0 aliphatic carbocycles. The van der Waals surface area contributed by atoms with Crippen LogP contribution in [0, 0.1) is 5.92 Å². The molecular weight excluding hydrogens is 364 g/mol. The maximum Gasteiger partial charge on any atom is 0.308 e. The number of esters is 1. The molecule has 8 nitrogen and oxygen atoms in total. The van der Waals surface area contributed by atoms with Crippen molar-refractivity contribution in [1.29, 1.82) is 0 Å². The number of hydrogen-bond donors (Lipinski definition) is 0. The highest BCUT2D eigenvalue weighted by molar-refractivity contribution is 6.02. The molecule has 2 heterocycles. The van der Waals surface area contributed by atoms with Crippen LogP contribution >= 0.6 is 0 Å². The van der Waals surface area contributed by atoms with Crippen LogP contribution in [0.25, 0.3) is 0 Å². The topological polar surface area (TPSA) is 93.2 Å². The second-order valence-corrected chi connectivity index (χ2v) is 7.03. The third kappa shape index (κ3) is 4.16. The van der Waals surface area contributed by atoms with Gasteiger partial charge in [-0.25, -0.2) is 0 Å². The van der Waals surface area contributed by atoms with E-state index in [1.165, 1.54) is 12.0 Å². The Labute approximate surface area is 163 Å². The predicted molar refractivity (Wildman–Crippen MR) is 100 cm³/mol. The average Bonchev–Trinajstić information content (AvgIpc) is 2.73. The Balaban J connectivity index is 1.54. The molecule has 0 aromatic heterocycles. The molecule has 1 saturated heterocycles. The fourth-order valence-corrected chi connectivity index (χ4v) is 3.50. The van der Waals surface area contributed by atoms with E-state index >= 15 is 0 Å². The number of carbonyl (C=O) groups excluding carboxylic acids is 4. The normalized spacial score (nSPS) is 17.0. The Hall–Kier alpha value is -2.90. The van der Waals surface area contributed by atoms with Crippen LogP contribution in [-0.2, 0) is 19.1 Å². The van der Waals surface area contributed by atoms with Gasteiger partial charge >= 0.3 is 5.97 Å². The van der Waals surface area contributed by atoms with E-state index < -0.39 is 0 Å². The number of piperidine rings is 1. The van der Waals surface area contributed by atoms with E-state index in [1.807, 2.05) is 0 Å². The minimum atomic E-state index is -0.234. The van der Waals surface area contributed by atoms with Gasteiger partial charge in [-0.1, -0.05) is 0 Å². The summed E-state index contributed by atoms with van der Waals surface area (Å²) in [6.45, 7) is 0.976.